The fraction of sp³-hybridized carbons (Fsp3) is 0.263. The van der Waals surface area contributed by atoms with Gasteiger partial charge in [0, 0.05) is 7.05 Å². The van der Waals surface area contributed by atoms with Crippen LogP contribution in [-0.4, -0.2) is 47.7 Å². The SMILES string of the molecule is COC(=O)C(C)OC(=O)c1cccc(S(=O)(=O)N(C)c2ccc(OC)cc2)c1. The van der Waals surface area contributed by atoms with Crippen molar-refractivity contribution in [1.29, 1.82) is 0 Å². The Bertz CT molecular complexity index is 955. The summed E-state index contributed by atoms with van der Waals surface area (Å²) in [5.74, 6) is -0.947. The van der Waals surface area contributed by atoms with Crippen molar-refractivity contribution in [3.05, 3.63) is 54.1 Å². The lowest BCUT2D eigenvalue weighted by Gasteiger charge is -2.20. The predicted octanol–water partition coefficient (Wildman–Crippen LogP) is 2.24. The highest BCUT2D eigenvalue weighted by atomic mass is 32.2. The standard InChI is InChI=1S/C19H21NO7S/c1-13(18(21)26-4)27-19(22)14-6-5-7-17(12-14)28(23,24)20(2)15-8-10-16(25-3)11-9-15/h5-13H,1-4H3. The fourth-order valence-corrected chi connectivity index (χ4v) is 3.56. The summed E-state index contributed by atoms with van der Waals surface area (Å²) in [6, 6.07) is 11.9. The molecule has 28 heavy (non-hydrogen) atoms. The van der Waals surface area contributed by atoms with E-state index in [0.29, 0.717) is 11.4 Å². The van der Waals surface area contributed by atoms with E-state index in [9.17, 15) is 18.0 Å². The molecule has 150 valence electrons. The van der Waals surface area contributed by atoms with Crippen LogP contribution in [-0.2, 0) is 24.3 Å². The Morgan fingerprint density at radius 1 is 1.04 bits per heavy atom. The van der Waals surface area contributed by atoms with E-state index in [1.807, 2.05) is 0 Å². The molecule has 0 aliphatic heterocycles. The molecule has 2 aromatic rings. The number of esters is 2. The first-order valence-corrected chi connectivity index (χ1v) is 9.66. The molecule has 0 fully saturated rings. The van der Waals surface area contributed by atoms with Crippen molar-refractivity contribution in [2.75, 3.05) is 25.6 Å². The first-order chi connectivity index (χ1) is 13.2. The molecule has 0 amide bonds. The van der Waals surface area contributed by atoms with Crippen LogP contribution in [0.1, 0.15) is 17.3 Å². The van der Waals surface area contributed by atoms with E-state index in [0.717, 1.165) is 4.31 Å². The molecule has 0 bridgehead atoms. The van der Waals surface area contributed by atoms with Gasteiger partial charge in [0.05, 0.1) is 30.4 Å². The molecule has 0 N–H and O–H groups in total. The monoisotopic (exact) mass is 407 g/mol. The zero-order valence-electron chi connectivity index (χ0n) is 15.9. The van der Waals surface area contributed by atoms with Gasteiger partial charge < -0.3 is 14.2 Å². The van der Waals surface area contributed by atoms with E-state index in [-0.39, 0.29) is 10.5 Å². The molecule has 1 unspecified atom stereocenters. The Labute approximate surface area is 163 Å². The normalized spacial score (nSPS) is 12.0. The maximum Gasteiger partial charge on any atom is 0.346 e. The molecule has 0 radical (unpaired) electrons. The molecule has 0 heterocycles. The summed E-state index contributed by atoms with van der Waals surface area (Å²) in [6.45, 7) is 1.36. The second-order valence-corrected chi connectivity index (χ2v) is 7.74. The number of sulfonamides is 1. The number of hydrogen-bond donors (Lipinski definition) is 0. The molecular formula is C19H21NO7S. The summed E-state index contributed by atoms with van der Waals surface area (Å²) < 4.78 is 41.5. The molecule has 0 saturated carbocycles. The molecular weight excluding hydrogens is 386 g/mol. The molecule has 8 nitrogen and oxygen atoms in total. The van der Waals surface area contributed by atoms with E-state index in [1.54, 1.807) is 24.3 Å². The van der Waals surface area contributed by atoms with Gasteiger partial charge in [0.2, 0.25) is 0 Å². The van der Waals surface area contributed by atoms with E-state index in [2.05, 4.69) is 4.74 Å². The highest BCUT2D eigenvalue weighted by Crippen LogP contribution is 2.25. The molecule has 0 aliphatic rings. The third kappa shape index (κ3) is 4.61. The van der Waals surface area contributed by atoms with Crippen LogP contribution in [0.3, 0.4) is 0 Å². The van der Waals surface area contributed by atoms with E-state index in [1.165, 1.54) is 52.5 Å². The largest absolute Gasteiger partial charge is 0.497 e. The lowest BCUT2D eigenvalue weighted by molar-refractivity contribution is -0.149. The molecule has 9 heteroatoms. The summed E-state index contributed by atoms with van der Waals surface area (Å²) >= 11 is 0. The van der Waals surface area contributed by atoms with Gasteiger partial charge in [0.25, 0.3) is 10.0 Å². The van der Waals surface area contributed by atoms with Crippen LogP contribution < -0.4 is 9.04 Å². The lowest BCUT2D eigenvalue weighted by Crippen LogP contribution is -2.27. The number of nitrogens with zero attached hydrogens (tertiary/aromatic N) is 1. The Hall–Kier alpha value is -3.07. The van der Waals surface area contributed by atoms with Crippen molar-refractivity contribution in [2.24, 2.45) is 0 Å². The smallest absolute Gasteiger partial charge is 0.346 e. The Balaban J connectivity index is 2.27. The van der Waals surface area contributed by atoms with Crippen molar-refractivity contribution in [3.8, 4) is 5.75 Å². The van der Waals surface area contributed by atoms with Gasteiger partial charge >= 0.3 is 11.9 Å². The number of carbonyl (C=O) groups is 2. The maximum atomic E-state index is 12.9. The van der Waals surface area contributed by atoms with Crippen molar-refractivity contribution in [3.63, 3.8) is 0 Å². The quantitative estimate of drug-likeness (QED) is 0.649. The molecule has 0 saturated heterocycles. The van der Waals surface area contributed by atoms with E-state index >= 15 is 0 Å². The highest BCUT2D eigenvalue weighted by Gasteiger charge is 2.24. The Kier molecular flexibility index (Phi) is 6.63. The van der Waals surface area contributed by atoms with Gasteiger partial charge in [-0.25, -0.2) is 18.0 Å². The zero-order valence-corrected chi connectivity index (χ0v) is 16.7. The van der Waals surface area contributed by atoms with Crippen LogP contribution in [0, 0.1) is 0 Å². The fourth-order valence-electron chi connectivity index (χ4n) is 2.32. The van der Waals surface area contributed by atoms with Gasteiger partial charge in [-0.2, -0.15) is 0 Å². The van der Waals surface area contributed by atoms with Gasteiger partial charge in [-0.05, 0) is 49.4 Å². The summed E-state index contributed by atoms with van der Waals surface area (Å²) in [7, 11) is 0.171. The number of rotatable bonds is 7. The van der Waals surface area contributed by atoms with E-state index < -0.39 is 28.1 Å². The highest BCUT2D eigenvalue weighted by molar-refractivity contribution is 7.92. The Morgan fingerprint density at radius 2 is 1.68 bits per heavy atom. The minimum Gasteiger partial charge on any atom is -0.497 e. The van der Waals surface area contributed by atoms with Gasteiger partial charge in [-0.1, -0.05) is 6.07 Å². The van der Waals surface area contributed by atoms with Crippen LogP contribution in [0.2, 0.25) is 0 Å². The lowest BCUT2D eigenvalue weighted by atomic mass is 10.2. The zero-order chi connectivity index (χ0) is 20.9. The summed E-state index contributed by atoms with van der Waals surface area (Å²) in [5.41, 5.74) is 0.424. The predicted molar refractivity (Wildman–Crippen MR) is 102 cm³/mol. The van der Waals surface area contributed by atoms with Crippen molar-refractivity contribution in [2.45, 2.75) is 17.9 Å². The van der Waals surface area contributed by atoms with Gasteiger partial charge in [0.1, 0.15) is 5.75 Å². The molecule has 0 aromatic heterocycles. The second kappa shape index (κ2) is 8.75. The molecule has 2 rings (SSSR count). The third-order valence-electron chi connectivity index (χ3n) is 3.98. The Morgan fingerprint density at radius 3 is 2.25 bits per heavy atom. The minimum atomic E-state index is -3.92. The first-order valence-electron chi connectivity index (χ1n) is 8.22. The van der Waals surface area contributed by atoms with Crippen LogP contribution >= 0.6 is 0 Å². The van der Waals surface area contributed by atoms with Crippen LogP contribution in [0.5, 0.6) is 5.75 Å². The van der Waals surface area contributed by atoms with Gasteiger partial charge in [-0.3, -0.25) is 4.31 Å². The molecule has 2 aromatic carbocycles. The second-order valence-electron chi connectivity index (χ2n) is 5.77. The van der Waals surface area contributed by atoms with Gasteiger partial charge in [0.15, 0.2) is 6.10 Å². The number of benzene rings is 2. The summed E-state index contributed by atoms with van der Waals surface area (Å²) in [4.78, 5) is 23.5. The molecule has 0 spiro atoms. The van der Waals surface area contributed by atoms with Crippen molar-refractivity contribution in [1.82, 2.24) is 0 Å². The topological polar surface area (TPSA) is 99.2 Å². The number of ether oxygens (including phenoxy) is 3. The third-order valence-corrected chi connectivity index (χ3v) is 5.76. The van der Waals surface area contributed by atoms with Crippen molar-refractivity contribution < 1.29 is 32.2 Å². The first kappa shape index (κ1) is 21.2. The van der Waals surface area contributed by atoms with Crippen LogP contribution in [0.15, 0.2) is 53.4 Å². The summed E-state index contributed by atoms with van der Waals surface area (Å²) in [6.07, 6.45) is -1.11. The number of carbonyl (C=O) groups excluding carboxylic acids is 2. The minimum absolute atomic E-state index is 0.0000380. The average molecular weight is 407 g/mol. The number of anilines is 1. The van der Waals surface area contributed by atoms with Crippen LogP contribution in [0.4, 0.5) is 5.69 Å². The van der Waals surface area contributed by atoms with E-state index in [4.69, 9.17) is 9.47 Å². The summed E-state index contributed by atoms with van der Waals surface area (Å²) in [5, 5.41) is 0. The molecule has 1 atom stereocenters. The van der Waals surface area contributed by atoms with Crippen LogP contribution in [0.25, 0.3) is 0 Å². The average Bonchev–Trinajstić information content (AvgIpc) is 2.72. The van der Waals surface area contributed by atoms with Gasteiger partial charge in [-0.15, -0.1) is 0 Å². The number of methoxy groups -OCH3 is 2. The number of hydrogen-bond acceptors (Lipinski definition) is 7. The maximum absolute atomic E-state index is 12.9. The molecule has 0 aliphatic carbocycles. The van der Waals surface area contributed by atoms with Crippen molar-refractivity contribution >= 4 is 27.6 Å².